The van der Waals surface area contributed by atoms with Crippen molar-refractivity contribution in [2.24, 2.45) is 0 Å². The van der Waals surface area contributed by atoms with E-state index in [0.29, 0.717) is 0 Å². The lowest BCUT2D eigenvalue weighted by atomic mass is 10.4. The third-order valence-electron chi connectivity index (χ3n) is 2.93. The van der Waals surface area contributed by atoms with Crippen molar-refractivity contribution in [1.82, 2.24) is 0 Å². The minimum absolute atomic E-state index is 0.797. The molecule has 0 aliphatic rings. The molecule has 0 radical (unpaired) electrons. The Morgan fingerprint density at radius 3 is 2.00 bits per heavy atom. The fourth-order valence-electron chi connectivity index (χ4n) is 1.98. The third kappa shape index (κ3) is 2.83. The standard InChI is InChI=1S/C12H19ClOSi/c1-4-14-15(5-2,6-3)12-9-7-11(13)8-10-12/h7-10H,4-6H2,1-3H3. The van der Waals surface area contributed by atoms with Crippen molar-refractivity contribution in [2.75, 3.05) is 6.61 Å². The normalized spacial score (nSPS) is 11.7. The van der Waals surface area contributed by atoms with Gasteiger partial charge in [-0.05, 0) is 36.3 Å². The summed E-state index contributed by atoms with van der Waals surface area (Å²) in [6, 6.07) is 10.4. The molecule has 0 atom stereocenters. The molecule has 1 rings (SSSR count). The van der Waals surface area contributed by atoms with Gasteiger partial charge in [0, 0.05) is 11.6 Å². The van der Waals surface area contributed by atoms with E-state index in [1.54, 1.807) is 0 Å². The molecule has 0 aliphatic heterocycles. The molecule has 0 fully saturated rings. The van der Waals surface area contributed by atoms with E-state index in [-0.39, 0.29) is 0 Å². The van der Waals surface area contributed by atoms with Crippen LogP contribution >= 0.6 is 11.6 Å². The molecule has 0 aliphatic carbocycles. The molecule has 0 amide bonds. The van der Waals surface area contributed by atoms with Gasteiger partial charge in [0.2, 0.25) is 8.32 Å². The zero-order valence-electron chi connectivity index (χ0n) is 9.72. The molecule has 0 spiro atoms. The highest BCUT2D eigenvalue weighted by molar-refractivity contribution is 6.86. The van der Waals surface area contributed by atoms with Gasteiger partial charge in [-0.1, -0.05) is 37.6 Å². The van der Waals surface area contributed by atoms with E-state index in [9.17, 15) is 0 Å². The van der Waals surface area contributed by atoms with Gasteiger partial charge in [0.15, 0.2) is 0 Å². The van der Waals surface area contributed by atoms with Crippen molar-refractivity contribution in [3.8, 4) is 0 Å². The first-order valence-electron chi connectivity index (χ1n) is 5.58. The number of benzene rings is 1. The first-order chi connectivity index (χ1) is 7.18. The predicted octanol–water partition coefficient (Wildman–Crippen LogP) is 3.57. The molecule has 3 heteroatoms. The summed E-state index contributed by atoms with van der Waals surface area (Å²) in [5, 5.41) is 2.16. The fraction of sp³-hybridized carbons (Fsp3) is 0.500. The Balaban J connectivity index is 3.02. The molecule has 0 aromatic heterocycles. The van der Waals surface area contributed by atoms with E-state index < -0.39 is 8.32 Å². The van der Waals surface area contributed by atoms with Gasteiger partial charge in [-0.15, -0.1) is 0 Å². The van der Waals surface area contributed by atoms with Gasteiger partial charge in [0.05, 0.1) is 0 Å². The molecule has 1 nitrogen and oxygen atoms in total. The fourth-order valence-corrected chi connectivity index (χ4v) is 5.32. The molecule has 1 aromatic rings. The van der Waals surface area contributed by atoms with Crippen LogP contribution in [0.3, 0.4) is 0 Å². The number of rotatable bonds is 5. The van der Waals surface area contributed by atoms with Gasteiger partial charge < -0.3 is 4.43 Å². The molecule has 0 heterocycles. The number of hydrogen-bond donors (Lipinski definition) is 0. The van der Waals surface area contributed by atoms with E-state index in [2.05, 4.69) is 32.9 Å². The second-order valence-electron chi connectivity index (χ2n) is 3.64. The van der Waals surface area contributed by atoms with E-state index >= 15 is 0 Å². The average molecular weight is 243 g/mol. The highest BCUT2D eigenvalue weighted by Crippen LogP contribution is 2.18. The van der Waals surface area contributed by atoms with Crippen LogP contribution in [0.25, 0.3) is 0 Å². The van der Waals surface area contributed by atoms with Crippen molar-refractivity contribution < 1.29 is 4.43 Å². The highest BCUT2D eigenvalue weighted by Gasteiger charge is 2.32. The Bertz CT molecular complexity index is 293. The summed E-state index contributed by atoms with van der Waals surface area (Å²) in [6.45, 7) is 7.32. The van der Waals surface area contributed by atoms with E-state index in [1.165, 1.54) is 5.19 Å². The monoisotopic (exact) mass is 242 g/mol. The summed E-state index contributed by atoms with van der Waals surface area (Å²) in [7, 11) is -1.70. The van der Waals surface area contributed by atoms with E-state index in [0.717, 1.165) is 23.7 Å². The minimum atomic E-state index is -1.70. The third-order valence-corrected chi connectivity index (χ3v) is 7.70. The second-order valence-corrected chi connectivity index (χ2v) is 8.35. The summed E-state index contributed by atoms with van der Waals surface area (Å²) in [5.41, 5.74) is 0. The quantitative estimate of drug-likeness (QED) is 0.718. The van der Waals surface area contributed by atoms with Gasteiger partial charge >= 0.3 is 0 Å². The van der Waals surface area contributed by atoms with Crippen LogP contribution in [-0.4, -0.2) is 14.9 Å². The van der Waals surface area contributed by atoms with Crippen LogP contribution in [0.2, 0.25) is 17.1 Å². The maximum atomic E-state index is 6.05. The maximum absolute atomic E-state index is 6.05. The van der Waals surface area contributed by atoms with Crippen LogP contribution in [-0.2, 0) is 4.43 Å². The Morgan fingerprint density at radius 1 is 1.07 bits per heavy atom. The minimum Gasteiger partial charge on any atom is -0.413 e. The molecule has 0 N–H and O–H groups in total. The molecule has 0 saturated carbocycles. The number of halogens is 1. The van der Waals surface area contributed by atoms with E-state index in [4.69, 9.17) is 16.0 Å². The highest BCUT2D eigenvalue weighted by atomic mass is 35.5. The van der Waals surface area contributed by atoms with Gasteiger partial charge in [0.25, 0.3) is 0 Å². The topological polar surface area (TPSA) is 9.23 Å². The summed E-state index contributed by atoms with van der Waals surface area (Å²) in [5.74, 6) is 0. The van der Waals surface area contributed by atoms with Crippen molar-refractivity contribution in [3.05, 3.63) is 29.3 Å². The Morgan fingerprint density at radius 2 is 1.60 bits per heavy atom. The summed E-state index contributed by atoms with van der Waals surface area (Å²) in [4.78, 5) is 0. The van der Waals surface area contributed by atoms with Gasteiger partial charge in [-0.3, -0.25) is 0 Å². The second kappa shape index (κ2) is 5.68. The largest absolute Gasteiger partial charge is 0.413 e. The van der Waals surface area contributed by atoms with Crippen molar-refractivity contribution in [1.29, 1.82) is 0 Å². The molecular formula is C12H19ClOSi. The lowest BCUT2D eigenvalue weighted by Crippen LogP contribution is -2.49. The van der Waals surface area contributed by atoms with Crippen molar-refractivity contribution in [2.45, 2.75) is 32.9 Å². The van der Waals surface area contributed by atoms with Crippen LogP contribution in [0.5, 0.6) is 0 Å². The zero-order chi connectivity index (χ0) is 11.3. The van der Waals surface area contributed by atoms with Crippen LogP contribution < -0.4 is 5.19 Å². The Labute approximate surface area is 98.5 Å². The smallest absolute Gasteiger partial charge is 0.223 e. The van der Waals surface area contributed by atoms with Crippen LogP contribution in [0.15, 0.2) is 24.3 Å². The Hall–Kier alpha value is -0.313. The average Bonchev–Trinajstić information content (AvgIpc) is 2.27. The lowest BCUT2D eigenvalue weighted by molar-refractivity contribution is 0.330. The molecule has 1 aromatic carbocycles. The predicted molar refractivity (Wildman–Crippen MR) is 69.4 cm³/mol. The van der Waals surface area contributed by atoms with Crippen molar-refractivity contribution in [3.63, 3.8) is 0 Å². The molecule has 0 unspecified atom stereocenters. The van der Waals surface area contributed by atoms with Gasteiger partial charge in [-0.2, -0.15) is 0 Å². The van der Waals surface area contributed by atoms with Gasteiger partial charge in [-0.25, -0.2) is 0 Å². The number of hydrogen-bond acceptors (Lipinski definition) is 1. The van der Waals surface area contributed by atoms with E-state index in [1.807, 2.05) is 12.1 Å². The Kier molecular flexibility index (Phi) is 4.83. The van der Waals surface area contributed by atoms with Crippen LogP contribution in [0.4, 0.5) is 0 Å². The molecule has 0 saturated heterocycles. The summed E-state index contributed by atoms with van der Waals surface area (Å²) < 4.78 is 6.05. The molecule has 84 valence electrons. The van der Waals surface area contributed by atoms with Crippen molar-refractivity contribution >= 4 is 25.1 Å². The van der Waals surface area contributed by atoms with Gasteiger partial charge in [0.1, 0.15) is 0 Å². The molecule has 15 heavy (non-hydrogen) atoms. The first kappa shape index (κ1) is 12.8. The summed E-state index contributed by atoms with van der Waals surface area (Å²) >= 11 is 5.90. The zero-order valence-corrected chi connectivity index (χ0v) is 11.5. The first-order valence-corrected chi connectivity index (χ1v) is 8.28. The molecular weight excluding hydrogens is 224 g/mol. The lowest BCUT2D eigenvalue weighted by Gasteiger charge is -2.29. The maximum Gasteiger partial charge on any atom is 0.223 e. The molecule has 0 bridgehead atoms. The SMILES string of the molecule is CCO[Si](CC)(CC)c1ccc(Cl)cc1. The van der Waals surface area contributed by atoms with Crippen LogP contribution in [0.1, 0.15) is 20.8 Å². The van der Waals surface area contributed by atoms with Crippen LogP contribution in [0, 0.1) is 0 Å². The summed E-state index contributed by atoms with van der Waals surface area (Å²) in [6.07, 6.45) is 0.